The molecule has 1 heterocycles. The summed E-state index contributed by atoms with van der Waals surface area (Å²) in [7, 11) is 0. The average Bonchev–Trinajstić information content (AvgIpc) is 3.03. The molecule has 0 aromatic heterocycles. The maximum Gasteiger partial charge on any atom is 0.275 e. The Kier molecular flexibility index (Phi) is 6.81. The summed E-state index contributed by atoms with van der Waals surface area (Å²) in [5.41, 5.74) is 3.24. The zero-order valence-corrected chi connectivity index (χ0v) is 17.4. The van der Waals surface area contributed by atoms with Gasteiger partial charge >= 0.3 is 0 Å². The third-order valence-corrected chi connectivity index (χ3v) is 5.16. The number of nitrogens with two attached hydrogens (primary N) is 1. The molecule has 0 fully saturated rings. The fraction of sp³-hybridized carbons (Fsp3) is 0.409. The van der Waals surface area contributed by atoms with Gasteiger partial charge in [0.05, 0.1) is 6.61 Å². The molecule has 0 unspecified atom stereocenters. The van der Waals surface area contributed by atoms with E-state index in [9.17, 15) is 4.79 Å². The zero-order chi connectivity index (χ0) is 20.1. The lowest BCUT2D eigenvalue weighted by Gasteiger charge is -2.14. The maximum absolute atomic E-state index is 12.3. The predicted molar refractivity (Wildman–Crippen MR) is 110 cm³/mol. The first-order valence-corrected chi connectivity index (χ1v) is 10.1. The molecular formula is C22H28ClN2O3+. The van der Waals surface area contributed by atoms with Crippen LogP contribution in [-0.4, -0.2) is 25.2 Å². The molecule has 3 rings (SSSR count). The number of carbonyl (C=O) groups excluding carboxylic acids is 1. The van der Waals surface area contributed by atoms with Gasteiger partial charge in [0.25, 0.3) is 5.91 Å². The lowest BCUT2D eigenvalue weighted by atomic mass is 10.1. The second-order valence-electron chi connectivity index (χ2n) is 7.19. The van der Waals surface area contributed by atoms with Crippen LogP contribution in [0.25, 0.3) is 0 Å². The summed E-state index contributed by atoms with van der Waals surface area (Å²) in [5, 5.41) is 5.71. The molecule has 28 heavy (non-hydrogen) atoms. The fourth-order valence-electron chi connectivity index (χ4n) is 3.36. The Labute approximate surface area is 171 Å². The SMILES string of the molecule is CCOc1cc2c(cc1CNC(=O)C[NH2+][C@H](C)c1ccc(Cl)cc1)O[C@@H](C)C2. The van der Waals surface area contributed by atoms with Gasteiger partial charge in [-0.3, -0.25) is 4.79 Å². The van der Waals surface area contributed by atoms with Crippen LogP contribution in [-0.2, 0) is 17.8 Å². The molecule has 3 N–H and O–H groups in total. The number of amides is 1. The highest BCUT2D eigenvalue weighted by Gasteiger charge is 2.22. The van der Waals surface area contributed by atoms with E-state index in [1.54, 1.807) is 0 Å². The Morgan fingerprint density at radius 2 is 2.11 bits per heavy atom. The van der Waals surface area contributed by atoms with E-state index < -0.39 is 0 Å². The number of halogens is 1. The monoisotopic (exact) mass is 403 g/mol. The summed E-state index contributed by atoms with van der Waals surface area (Å²) >= 11 is 5.93. The number of ether oxygens (including phenoxy) is 2. The van der Waals surface area contributed by atoms with Gasteiger partial charge in [-0.25, -0.2) is 0 Å². The maximum atomic E-state index is 12.3. The van der Waals surface area contributed by atoms with Crippen LogP contribution in [0.1, 0.15) is 43.5 Å². The first-order chi connectivity index (χ1) is 13.5. The van der Waals surface area contributed by atoms with E-state index in [1.165, 1.54) is 0 Å². The molecule has 2 aromatic rings. The number of nitrogens with one attached hydrogen (secondary N) is 1. The third-order valence-electron chi connectivity index (χ3n) is 4.91. The van der Waals surface area contributed by atoms with Crippen molar-refractivity contribution < 1.29 is 19.6 Å². The molecule has 2 aromatic carbocycles. The smallest absolute Gasteiger partial charge is 0.275 e. The molecule has 150 valence electrons. The van der Waals surface area contributed by atoms with Crippen molar-refractivity contribution >= 4 is 17.5 Å². The van der Waals surface area contributed by atoms with Gasteiger partial charge in [-0.2, -0.15) is 0 Å². The molecule has 0 saturated carbocycles. The van der Waals surface area contributed by atoms with Crippen LogP contribution >= 0.6 is 11.6 Å². The number of rotatable bonds is 8. The van der Waals surface area contributed by atoms with Gasteiger partial charge in [0.1, 0.15) is 23.6 Å². The van der Waals surface area contributed by atoms with Crippen LogP contribution in [0.2, 0.25) is 5.02 Å². The topological polar surface area (TPSA) is 64.2 Å². The summed E-state index contributed by atoms with van der Waals surface area (Å²) in [6.07, 6.45) is 1.07. The van der Waals surface area contributed by atoms with Crippen molar-refractivity contribution in [2.45, 2.75) is 45.9 Å². The molecule has 5 nitrogen and oxygen atoms in total. The van der Waals surface area contributed by atoms with E-state index in [4.69, 9.17) is 21.1 Å². The van der Waals surface area contributed by atoms with Crippen LogP contribution in [0, 0.1) is 0 Å². The molecule has 1 amide bonds. The normalized spacial score (nSPS) is 16.2. The Bertz CT molecular complexity index is 823. The lowest BCUT2D eigenvalue weighted by Crippen LogP contribution is -2.87. The van der Waals surface area contributed by atoms with Crippen molar-refractivity contribution in [1.82, 2.24) is 5.32 Å². The van der Waals surface area contributed by atoms with E-state index in [1.807, 2.05) is 48.6 Å². The molecule has 0 saturated heterocycles. The molecule has 1 aliphatic rings. The second kappa shape index (κ2) is 9.30. The Morgan fingerprint density at radius 1 is 1.36 bits per heavy atom. The molecule has 2 atom stereocenters. The molecule has 0 spiro atoms. The largest absolute Gasteiger partial charge is 0.494 e. The van der Waals surface area contributed by atoms with E-state index in [-0.39, 0.29) is 18.1 Å². The molecule has 0 radical (unpaired) electrons. The van der Waals surface area contributed by atoms with Gasteiger partial charge in [-0.05, 0) is 45.0 Å². The highest BCUT2D eigenvalue weighted by atomic mass is 35.5. The molecule has 6 heteroatoms. The highest BCUT2D eigenvalue weighted by Crippen LogP contribution is 2.35. The van der Waals surface area contributed by atoms with Crippen LogP contribution in [0.4, 0.5) is 0 Å². The van der Waals surface area contributed by atoms with E-state index >= 15 is 0 Å². The van der Waals surface area contributed by atoms with Crippen molar-refractivity contribution in [3.8, 4) is 11.5 Å². The quantitative estimate of drug-likeness (QED) is 0.712. The zero-order valence-electron chi connectivity index (χ0n) is 16.6. The average molecular weight is 404 g/mol. The van der Waals surface area contributed by atoms with E-state index in [2.05, 4.69) is 19.2 Å². The fourth-order valence-corrected chi connectivity index (χ4v) is 3.49. The standard InChI is InChI=1S/C22H27ClN2O3/c1-4-27-20-10-17-9-14(2)28-21(17)11-18(20)12-25-22(26)13-24-15(3)16-5-7-19(23)8-6-16/h5-8,10-11,14-15,24H,4,9,12-13H2,1-3H3,(H,25,26)/p+1/t14-,15+/m0/s1. The van der Waals surface area contributed by atoms with Gasteiger partial charge in [-0.15, -0.1) is 0 Å². The van der Waals surface area contributed by atoms with Gasteiger partial charge in [-0.1, -0.05) is 23.7 Å². The highest BCUT2D eigenvalue weighted by molar-refractivity contribution is 6.30. The number of quaternary nitrogens is 1. The summed E-state index contributed by atoms with van der Waals surface area (Å²) in [5.74, 6) is 1.69. The van der Waals surface area contributed by atoms with Crippen LogP contribution < -0.4 is 20.1 Å². The van der Waals surface area contributed by atoms with Crippen molar-refractivity contribution in [2.24, 2.45) is 0 Å². The molecule has 1 aliphatic heterocycles. The summed E-state index contributed by atoms with van der Waals surface area (Å²) in [6.45, 7) is 7.45. The van der Waals surface area contributed by atoms with E-state index in [0.29, 0.717) is 24.7 Å². The van der Waals surface area contributed by atoms with Gasteiger partial charge in [0.15, 0.2) is 6.54 Å². The van der Waals surface area contributed by atoms with Gasteiger partial charge in [0, 0.05) is 34.7 Å². The molecule has 0 bridgehead atoms. The third kappa shape index (κ3) is 5.18. The van der Waals surface area contributed by atoms with Crippen molar-refractivity contribution in [3.63, 3.8) is 0 Å². The van der Waals surface area contributed by atoms with Crippen molar-refractivity contribution in [3.05, 3.63) is 58.1 Å². The van der Waals surface area contributed by atoms with Crippen LogP contribution in [0.5, 0.6) is 11.5 Å². The number of fused-ring (bicyclic) bond motifs is 1. The minimum absolute atomic E-state index is 0.0157. The minimum atomic E-state index is -0.0157. The first kappa shape index (κ1) is 20.5. The van der Waals surface area contributed by atoms with Gasteiger partial charge in [0.2, 0.25) is 0 Å². The Balaban J connectivity index is 1.55. The van der Waals surface area contributed by atoms with Crippen molar-refractivity contribution in [1.29, 1.82) is 0 Å². The van der Waals surface area contributed by atoms with Gasteiger partial charge < -0.3 is 20.1 Å². The Morgan fingerprint density at radius 3 is 2.82 bits per heavy atom. The lowest BCUT2D eigenvalue weighted by molar-refractivity contribution is -0.682. The van der Waals surface area contributed by atoms with Crippen LogP contribution in [0.15, 0.2) is 36.4 Å². The summed E-state index contributed by atoms with van der Waals surface area (Å²) in [6, 6.07) is 11.9. The Hall–Kier alpha value is -2.24. The minimum Gasteiger partial charge on any atom is -0.494 e. The predicted octanol–water partition coefficient (Wildman–Crippen LogP) is 3.00. The van der Waals surface area contributed by atoms with E-state index in [0.717, 1.165) is 34.6 Å². The van der Waals surface area contributed by atoms with Crippen molar-refractivity contribution in [2.75, 3.05) is 13.2 Å². The number of benzene rings is 2. The van der Waals surface area contributed by atoms with Crippen LogP contribution in [0.3, 0.4) is 0 Å². The number of hydrogen-bond donors (Lipinski definition) is 2. The summed E-state index contributed by atoms with van der Waals surface area (Å²) < 4.78 is 11.6. The number of carbonyl (C=O) groups is 1. The second-order valence-corrected chi connectivity index (χ2v) is 7.63. The first-order valence-electron chi connectivity index (χ1n) is 9.77. The summed E-state index contributed by atoms with van der Waals surface area (Å²) in [4.78, 5) is 12.3. The number of hydrogen-bond acceptors (Lipinski definition) is 3. The molecule has 0 aliphatic carbocycles. The molecular weight excluding hydrogens is 376 g/mol.